The summed E-state index contributed by atoms with van der Waals surface area (Å²) in [6, 6.07) is 15.7. The highest BCUT2D eigenvalue weighted by molar-refractivity contribution is 5.92. The fourth-order valence-electron chi connectivity index (χ4n) is 4.03. The van der Waals surface area contributed by atoms with Crippen LogP contribution in [0.25, 0.3) is 5.52 Å². The Kier molecular flexibility index (Phi) is 5.07. The van der Waals surface area contributed by atoms with E-state index in [0.717, 1.165) is 29.9 Å². The maximum atomic E-state index is 11.8. The van der Waals surface area contributed by atoms with Crippen LogP contribution < -0.4 is 21.7 Å². The van der Waals surface area contributed by atoms with E-state index >= 15 is 0 Å². The van der Waals surface area contributed by atoms with Crippen molar-refractivity contribution < 1.29 is 4.79 Å². The monoisotopic (exact) mass is 413 g/mol. The van der Waals surface area contributed by atoms with Gasteiger partial charge in [-0.1, -0.05) is 36.4 Å². The zero-order valence-corrected chi connectivity index (χ0v) is 16.8. The zero-order valence-electron chi connectivity index (χ0n) is 16.8. The Morgan fingerprint density at radius 2 is 2.06 bits per heavy atom. The number of nitrogens with one attached hydrogen (secondary N) is 3. The van der Waals surface area contributed by atoms with E-state index in [0.29, 0.717) is 5.69 Å². The molecule has 156 valence electrons. The third-order valence-corrected chi connectivity index (χ3v) is 5.55. The van der Waals surface area contributed by atoms with E-state index in [2.05, 4.69) is 38.1 Å². The van der Waals surface area contributed by atoms with Gasteiger partial charge in [-0.15, -0.1) is 0 Å². The number of rotatable bonds is 5. The molecule has 1 amide bonds. The number of hydrogen-bond donors (Lipinski definition) is 4. The highest BCUT2D eigenvalue weighted by Gasteiger charge is 2.30. The Labute approximate surface area is 179 Å². The summed E-state index contributed by atoms with van der Waals surface area (Å²) in [5.74, 6) is -0.490. The van der Waals surface area contributed by atoms with Crippen molar-refractivity contribution in [2.75, 3.05) is 0 Å². The van der Waals surface area contributed by atoms with Gasteiger partial charge in [0.25, 0.3) is 5.91 Å². The molecule has 1 aromatic carbocycles. The van der Waals surface area contributed by atoms with Crippen molar-refractivity contribution >= 4 is 17.6 Å². The van der Waals surface area contributed by atoms with Gasteiger partial charge in [-0.05, 0) is 29.3 Å². The van der Waals surface area contributed by atoms with Crippen LogP contribution in [0, 0.1) is 0 Å². The third kappa shape index (κ3) is 3.74. The topological polar surface area (TPSA) is 109 Å². The standard InChI is InChI=1S/C23H23N7O/c24-21(31)19-8-4-7-18-20(27-14-30(18)19)23-28-17-10-12-25-11-9-16(17)22(29-23)26-13-15-5-2-1-3-6-15/h1-8,10-12,14,22-23,26,28-29H,9,13H2,(H2,24,31). The van der Waals surface area contributed by atoms with Crippen molar-refractivity contribution in [3.8, 4) is 0 Å². The summed E-state index contributed by atoms with van der Waals surface area (Å²) in [6.07, 6.45) is 7.72. The normalized spacial score (nSPS) is 20.4. The summed E-state index contributed by atoms with van der Waals surface area (Å²) < 4.78 is 1.73. The summed E-state index contributed by atoms with van der Waals surface area (Å²) in [7, 11) is 0. The first-order chi connectivity index (χ1) is 15.2. The number of benzene rings is 1. The number of fused-ring (bicyclic) bond motifs is 1. The summed E-state index contributed by atoms with van der Waals surface area (Å²) in [4.78, 5) is 20.7. The first kappa shape index (κ1) is 19.2. The molecule has 8 nitrogen and oxygen atoms in total. The molecule has 0 radical (unpaired) electrons. The number of allylic oxidation sites excluding steroid dienone is 1. The lowest BCUT2D eigenvalue weighted by molar-refractivity contribution is 0.0994. The molecule has 2 aliphatic rings. The number of carbonyl (C=O) groups is 1. The molecule has 0 bridgehead atoms. The van der Waals surface area contributed by atoms with Crippen molar-refractivity contribution in [2.24, 2.45) is 10.7 Å². The maximum absolute atomic E-state index is 11.8. The molecule has 5 rings (SSSR count). The average Bonchev–Trinajstić information content (AvgIpc) is 3.08. The maximum Gasteiger partial charge on any atom is 0.265 e. The van der Waals surface area contributed by atoms with Crippen molar-refractivity contribution in [1.82, 2.24) is 25.3 Å². The van der Waals surface area contributed by atoms with Crippen LogP contribution in [0.3, 0.4) is 0 Å². The van der Waals surface area contributed by atoms with Gasteiger partial charge in [0, 0.05) is 31.1 Å². The molecule has 0 aliphatic carbocycles. The van der Waals surface area contributed by atoms with Gasteiger partial charge in [0.15, 0.2) is 0 Å². The largest absolute Gasteiger partial charge is 0.365 e. The van der Waals surface area contributed by atoms with Gasteiger partial charge in [-0.2, -0.15) is 0 Å². The summed E-state index contributed by atoms with van der Waals surface area (Å²) >= 11 is 0. The fraction of sp³-hybridized carbons (Fsp3) is 0.174. The molecule has 0 spiro atoms. The molecule has 2 aliphatic heterocycles. The second kappa shape index (κ2) is 8.17. The van der Waals surface area contributed by atoms with E-state index < -0.39 is 5.91 Å². The molecule has 0 fully saturated rings. The predicted molar refractivity (Wildman–Crippen MR) is 119 cm³/mol. The van der Waals surface area contributed by atoms with Crippen molar-refractivity contribution in [3.63, 3.8) is 0 Å². The highest BCUT2D eigenvalue weighted by Crippen LogP contribution is 2.26. The second-order valence-corrected chi connectivity index (χ2v) is 7.49. The van der Waals surface area contributed by atoms with Crippen LogP contribution in [-0.2, 0) is 6.54 Å². The molecule has 4 heterocycles. The van der Waals surface area contributed by atoms with Gasteiger partial charge in [-0.3, -0.25) is 24.8 Å². The Hall–Kier alpha value is -3.75. The minimum absolute atomic E-state index is 0.0771. The molecular formula is C23H23N7O. The molecule has 2 unspecified atom stereocenters. The lowest BCUT2D eigenvalue weighted by atomic mass is 10.0. The number of aromatic nitrogens is 2. The Balaban J connectivity index is 1.48. The van der Waals surface area contributed by atoms with E-state index in [1.54, 1.807) is 23.0 Å². The van der Waals surface area contributed by atoms with Gasteiger partial charge in [0.1, 0.15) is 23.9 Å². The van der Waals surface area contributed by atoms with Crippen LogP contribution in [0.4, 0.5) is 0 Å². The molecule has 2 aromatic heterocycles. The SMILES string of the molecule is NC(=O)c1cccc2c(C3NC4=C(CC=NC=C4)C(NCc4ccccc4)N3)ncn12. The number of nitrogens with zero attached hydrogens (tertiary/aromatic N) is 3. The third-order valence-electron chi connectivity index (χ3n) is 5.55. The van der Waals surface area contributed by atoms with Gasteiger partial charge in [0.2, 0.25) is 0 Å². The van der Waals surface area contributed by atoms with Crippen molar-refractivity contribution in [2.45, 2.75) is 25.3 Å². The van der Waals surface area contributed by atoms with E-state index in [1.165, 1.54) is 11.1 Å². The first-order valence-electron chi connectivity index (χ1n) is 10.2. The van der Waals surface area contributed by atoms with Crippen molar-refractivity contribution in [1.29, 1.82) is 0 Å². The van der Waals surface area contributed by atoms with Crippen LogP contribution in [-0.4, -0.2) is 27.7 Å². The molecule has 8 heteroatoms. The minimum Gasteiger partial charge on any atom is -0.365 e. The van der Waals surface area contributed by atoms with Crippen molar-refractivity contribution in [3.05, 3.63) is 95.4 Å². The smallest absolute Gasteiger partial charge is 0.265 e. The molecule has 2 atom stereocenters. The first-order valence-corrected chi connectivity index (χ1v) is 10.2. The summed E-state index contributed by atoms with van der Waals surface area (Å²) in [5.41, 5.74) is 10.9. The van der Waals surface area contributed by atoms with E-state index in [9.17, 15) is 4.79 Å². The molecule has 31 heavy (non-hydrogen) atoms. The molecule has 0 saturated heterocycles. The number of primary amides is 1. The number of nitrogens with two attached hydrogens (primary N) is 1. The van der Waals surface area contributed by atoms with Gasteiger partial charge in [-0.25, -0.2) is 4.98 Å². The number of pyridine rings is 1. The zero-order chi connectivity index (χ0) is 21.2. The van der Waals surface area contributed by atoms with Crippen LogP contribution in [0.1, 0.15) is 34.3 Å². The Bertz CT molecular complexity index is 1210. The number of hydrogen-bond acceptors (Lipinski definition) is 6. The number of carbonyl (C=O) groups excluding carboxylic acids is 1. The van der Waals surface area contributed by atoms with Gasteiger partial charge >= 0.3 is 0 Å². The number of imidazole rings is 1. The van der Waals surface area contributed by atoms with Crippen LogP contribution in [0.2, 0.25) is 0 Å². The van der Waals surface area contributed by atoms with Crippen LogP contribution >= 0.6 is 0 Å². The van der Waals surface area contributed by atoms with Gasteiger partial charge < -0.3 is 11.1 Å². The van der Waals surface area contributed by atoms with E-state index in [-0.39, 0.29) is 12.3 Å². The quantitative estimate of drug-likeness (QED) is 0.512. The summed E-state index contributed by atoms with van der Waals surface area (Å²) in [5, 5.41) is 10.8. The Morgan fingerprint density at radius 3 is 2.90 bits per heavy atom. The van der Waals surface area contributed by atoms with E-state index in [4.69, 9.17) is 5.73 Å². The highest BCUT2D eigenvalue weighted by atomic mass is 16.1. The minimum atomic E-state index is -0.490. The molecule has 0 saturated carbocycles. The second-order valence-electron chi connectivity index (χ2n) is 7.49. The molecule has 5 N–H and O–H groups in total. The number of amides is 1. The molecule has 3 aromatic rings. The number of aliphatic imine (C=N–C) groups is 1. The Morgan fingerprint density at radius 1 is 1.19 bits per heavy atom. The predicted octanol–water partition coefficient (Wildman–Crippen LogP) is 1.98. The fourth-order valence-corrected chi connectivity index (χ4v) is 4.03. The van der Waals surface area contributed by atoms with Crippen LogP contribution in [0.5, 0.6) is 0 Å². The molecular weight excluding hydrogens is 390 g/mol. The lowest BCUT2D eigenvalue weighted by Crippen LogP contribution is -2.53. The van der Waals surface area contributed by atoms with Gasteiger partial charge in [0.05, 0.1) is 11.7 Å². The summed E-state index contributed by atoms with van der Waals surface area (Å²) in [6.45, 7) is 0.721. The lowest BCUT2D eigenvalue weighted by Gasteiger charge is -2.35. The van der Waals surface area contributed by atoms with Crippen LogP contribution in [0.15, 0.2) is 83.4 Å². The average molecular weight is 413 g/mol. The van der Waals surface area contributed by atoms with E-state index in [1.807, 2.05) is 42.6 Å².